The van der Waals surface area contributed by atoms with Crippen molar-refractivity contribution in [3.63, 3.8) is 0 Å². The predicted octanol–water partition coefficient (Wildman–Crippen LogP) is 2.62. The molecule has 0 spiro atoms. The number of aryl methyl sites for hydroxylation is 2. The lowest BCUT2D eigenvalue weighted by molar-refractivity contribution is 0.143. The number of nitrogens with zero attached hydrogens (tertiary/aromatic N) is 1. The maximum absolute atomic E-state index is 12.7. The summed E-state index contributed by atoms with van der Waals surface area (Å²) in [6, 6.07) is 12.4. The van der Waals surface area contributed by atoms with Crippen molar-refractivity contribution in [3.05, 3.63) is 53.6 Å². The molecule has 8 heteroatoms. The first-order chi connectivity index (χ1) is 12.8. The zero-order valence-electron chi connectivity index (χ0n) is 15.4. The summed E-state index contributed by atoms with van der Waals surface area (Å²) >= 11 is 0. The van der Waals surface area contributed by atoms with Crippen LogP contribution in [0.3, 0.4) is 0 Å². The molecule has 1 aliphatic heterocycles. The summed E-state index contributed by atoms with van der Waals surface area (Å²) in [6.45, 7) is 3.98. The number of para-hydroxylation sites is 1. The number of nitrogens with one attached hydrogen (secondary N) is 1. The van der Waals surface area contributed by atoms with Crippen LogP contribution in [0.4, 0.5) is 10.5 Å². The van der Waals surface area contributed by atoms with E-state index in [1.807, 2.05) is 32.0 Å². The molecule has 1 heterocycles. The van der Waals surface area contributed by atoms with Crippen LogP contribution >= 0.6 is 0 Å². The Balaban J connectivity index is 1.72. The molecule has 3 rings (SSSR count). The van der Waals surface area contributed by atoms with Crippen molar-refractivity contribution in [2.45, 2.75) is 24.8 Å². The number of carbonyl (C=O) groups is 1. The van der Waals surface area contributed by atoms with Crippen LogP contribution < -0.4 is 14.4 Å². The summed E-state index contributed by atoms with van der Waals surface area (Å²) in [5.74, 6) is 0.278. The number of benzene rings is 2. The SMILES string of the molecule is COc1cc(C)c(C)cc1S(=O)(=O)NCC1CN(c2ccccc2)C(=O)O1. The van der Waals surface area contributed by atoms with Crippen molar-refractivity contribution in [3.8, 4) is 5.75 Å². The predicted molar refractivity (Wildman–Crippen MR) is 102 cm³/mol. The maximum atomic E-state index is 12.7. The third kappa shape index (κ3) is 4.06. The third-order valence-electron chi connectivity index (χ3n) is 4.51. The Morgan fingerprint density at radius 1 is 1.19 bits per heavy atom. The lowest BCUT2D eigenvalue weighted by Gasteiger charge is -2.15. The second-order valence-corrected chi connectivity index (χ2v) is 8.13. The summed E-state index contributed by atoms with van der Waals surface area (Å²) in [4.78, 5) is 13.6. The van der Waals surface area contributed by atoms with E-state index in [2.05, 4.69) is 4.72 Å². The molecule has 2 aromatic rings. The average Bonchev–Trinajstić information content (AvgIpc) is 3.03. The van der Waals surface area contributed by atoms with Crippen LogP contribution in [0.1, 0.15) is 11.1 Å². The molecule has 1 amide bonds. The van der Waals surface area contributed by atoms with E-state index in [1.54, 1.807) is 24.3 Å². The highest BCUT2D eigenvalue weighted by Crippen LogP contribution is 2.27. The lowest BCUT2D eigenvalue weighted by Crippen LogP contribution is -2.34. The van der Waals surface area contributed by atoms with E-state index in [9.17, 15) is 13.2 Å². The minimum Gasteiger partial charge on any atom is -0.495 e. The number of carbonyl (C=O) groups excluding carboxylic acids is 1. The molecule has 0 bridgehead atoms. The summed E-state index contributed by atoms with van der Waals surface area (Å²) < 4.78 is 38.5. The monoisotopic (exact) mass is 390 g/mol. The minimum absolute atomic E-state index is 0.0204. The maximum Gasteiger partial charge on any atom is 0.414 e. The van der Waals surface area contributed by atoms with Gasteiger partial charge < -0.3 is 9.47 Å². The molecule has 1 atom stereocenters. The van der Waals surface area contributed by atoms with E-state index in [0.29, 0.717) is 5.69 Å². The molecule has 0 aliphatic carbocycles. The Morgan fingerprint density at radius 3 is 2.52 bits per heavy atom. The van der Waals surface area contributed by atoms with E-state index in [0.717, 1.165) is 11.1 Å². The van der Waals surface area contributed by atoms with E-state index >= 15 is 0 Å². The number of methoxy groups -OCH3 is 1. The fraction of sp³-hybridized carbons (Fsp3) is 0.316. The molecule has 1 fully saturated rings. The molecule has 0 saturated carbocycles. The summed E-state index contributed by atoms with van der Waals surface area (Å²) in [7, 11) is -2.38. The smallest absolute Gasteiger partial charge is 0.414 e. The zero-order valence-corrected chi connectivity index (χ0v) is 16.2. The topological polar surface area (TPSA) is 84.9 Å². The highest BCUT2D eigenvalue weighted by molar-refractivity contribution is 7.89. The van der Waals surface area contributed by atoms with Crippen LogP contribution in [0.15, 0.2) is 47.4 Å². The standard InChI is InChI=1S/C19H22N2O5S/c1-13-9-17(25-3)18(10-14(13)2)27(23,24)20-11-16-12-21(19(22)26-16)15-7-5-4-6-8-15/h4-10,16,20H,11-12H2,1-3H3. The number of amides is 1. The van der Waals surface area contributed by atoms with Gasteiger partial charge in [-0.05, 0) is 49.2 Å². The second-order valence-electron chi connectivity index (χ2n) is 6.39. The number of ether oxygens (including phenoxy) is 2. The van der Waals surface area contributed by atoms with E-state index in [1.165, 1.54) is 12.0 Å². The highest BCUT2D eigenvalue weighted by Gasteiger charge is 2.33. The van der Waals surface area contributed by atoms with Crippen LogP contribution in [0, 0.1) is 13.8 Å². The van der Waals surface area contributed by atoms with Crippen molar-refractivity contribution in [2.24, 2.45) is 0 Å². The molecule has 27 heavy (non-hydrogen) atoms. The number of cyclic esters (lactones) is 1. The Hall–Kier alpha value is -2.58. The number of hydrogen-bond donors (Lipinski definition) is 1. The van der Waals surface area contributed by atoms with Gasteiger partial charge in [-0.25, -0.2) is 17.9 Å². The third-order valence-corrected chi connectivity index (χ3v) is 5.96. The first-order valence-corrected chi connectivity index (χ1v) is 9.98. The Labute approximate surface area is 158 Å². The van der Waals surface area contributed by atoms with Crippen molar-refractivity contribution in [1.82, 2.24) is 4.72 Å². The van der Waals surface area contributed by atoms with Gasteiger partial charge in [0.25, 0.3) is 0 Å². The molecule has 0 aromatic heterocycles. The van der Waals surface area contributed by atoms with E-state index in [-0.39, 0.29) is 23.7 Å². The number of sulfonamides is 1. The van der Waals surface area contributed by atoms with Crippen molar-refractivity contribution in [1.29, 1.82) is 0 Å². The van der Waals surface area contributed by atoms with Crippen molar-refractivity contribution in [2.75, 3.05) is 25.1 Å². The first-order valence-electron chi connectivity index (χ1n) is 8.50. The normalized spacial score (nSPS) is 17.1. The molecule has 7 nitrogen and oxygen atoms in total. The quantitative estimate of drug-likeness (QED) is 0.820. The molecule has 144 valence electrons. The summed E-state index contributed by atoms with van der Waals surface area (Å²) in [6.07, 6.45) is -1.07. The van der Waals surface area contributed by atoms with Gasteiger partial charge in [-0.15, -0.1) is 0 Å². The van der Waals surface area contributed by atoms with Crippen LogP contribution in [-0.4, -0.2) is 40.8 Å². The largest absolute Gasteiger partial charge is 0.495 e. The number of anilines is 1. The molecule has 1 N–H and O–H groups in total. The molecular weight excluding hydrogens is 368 g/mol. The average molecular weight is 390 g/mol. The molecule has 2 aromatic carbocycles. The van der Waals surface area contributed by atoms with Crippen molar-refractivity contribution >= 4 is 21.8 Å². The molecule has 1 saturated heterocycles. The van der Waals surface area contributed by atoms with Gasteiger partial charge in [0.1, 0.15) is 16.7 Å². The molecular formula is C19H22N2O5S. The highest BCUT2D eigenvalue weighted by atomic mass is 32.2. The van der Waals surface area contributed by atoms with Gasteiger partial charge in [0.05, 0.1) is 13.7 Å². The number of hydrogen-bond acceptors (Lipinski definition) is 5. The van der Waals surface area contributed by atoms with Gasteiger partial charge in [-0.3, -0.25) is 4.90 Å². The minimum atomic E-state index is -3.81. The Bertz CT molecular complexity index is 944. The van der Waals surface area contributed by atoms with E-state index < -0.39 is 22.2 Å². The van der Waals surface area contributed by atoms with Crippen LogP contribution in [0.2, 0.25) is 0 Å². The van der Waals surface area contributed by atoms with Crippen molar-refractivity contribution < 1.29 is 22.7 Å². The van der Waals surface area contributed by atoms with Crippen LogP contribution in [0.25, 0.3) is 0 Å². The van der Waals surface area contributed by atoms with E-state index in [4.69, 9.17) is 9.47 Å². The van der Waals surface area contributed by atoms with Gasteiger partial charge in [-0.2, -0.15) is 0 Å². The lowest BCUT2D eigenvalue weighted by atomic mass is 10.1. The molecule has 0 radical (unpaired) electrons. The van der Waals surface area contributed by atoms with Crippen LogP contribution in [0.5, 0.6) is 5.75 Å². The zero-order chi connectivity index (χ0) is 19.6. The fourth-order valence-electron chi connectivity index (χ4n) is 2.86. The first kappa shape index (κ1) is 19.2. The molecule has 1 unspecified atom stereocenters. The van der Waals surface area contributed by atoms with Gasteiger partial charge in [0.15, 0.2) is 0 Å². The summed E-state index contributed by atoms with van der Waals surface area (Å²) in [5.41, 5.74) is 2.50. The Morgan fingerprint density at radius 2 is 1.85 bits per heavy atom. The Kier molecular flexibility index (Phi) is 5.38. The van der Waals surface area contributed by atoms with Crippen LogP contribution in [-0.2, 0) is 14.8 Å². The summed E-state index contributed by atoms with van der Waals surface area (Å²) in [5, 5.41) is 0. The van der Waals surface area contributed by atoms with Gasteiger partial charge >= 0.3 is 6.09 Å². The second kappa shape index (κ2) is 7.58. The van der Waals surface area contributed by atoms with Gasteiger partial charge in [-0.1, -0.05) is 18.2 Å². The fourth-order valence-corrected chi connectivity index (χ4v) is 4.16. The number of rotatable bonds is 6. The van der Waals surface area contributed by atoms with Gasteiger partial charge in [0, 0.05) is 12.2 Å². The molecule has 1 aliphatic rings. The van der Waals surface area contributed by atoms with Gasteiger partial charge in [0.2, 0.25) is 10.0 Å².